The van der Waals surface area contributed by atoms with E-state index in [0.29, 0.717) is 23.4 Å². The van der Waals surface area contributed by atoms with Crippen LogP contribution in [-0.2, 0) is 9.47 Å². The lowest BCUT2D eigenvalue weighted by Gasteiger charge is -2.34. The highest BCUT2D eigenvalue weighted by Crippen LogP contribution is 2.39. The zero-order chi connectivity index (χ0) is 13.3. The first kappa shape index (κ1) is 13.6. The predicted octanol–water partition coefficient (Wildman–Crippen LogP) is 3.23. The van der Waals surface area contributed by atoms with E-state index in [1.54, 1.807) is 12.1 Å². The average Bonchev–Trinajstić information content (AvgIpc) is 2.32. The normalized spacial score (nSPS) is 19.8. The molecule has 0 aromatic heterocycles. The van der Waals surface area contributed by atoms with Crippen molar-refractivity contribution >= 4 is 15.9 Å². The number of halogens is 1. The van der Waals surface area contributed by atoms with Gasteiger partial charge in [0.2, 0.25) is 0 Å². The molecule has 1 heterocycles. The van der Waals surface area contributed by atoms with Gasteiger partial charge >= 0.3 is 0 Å². The molecule has 0 unspecified atom stereocenters. The Hall–Kier alpha value is -0.780. The molecule has 4 nitrogen and oxygen atoms in total. The van der Waals surface area contributed by atoms with Crippen LogP contribution in [0.2, 0.25) is 0 Å². The molecule has 100 valence electrons. The van der Waals surface area contributed by atoms with Gasteiger partial charge in [-0.2, -0.15) is 0 Å². The molecule has 1 saturated heterocycles. The van der Waals surface area contributed by atoms with Gasteiger partial charge in [-0.15, -0.1) is 0 Å². The quantitative estimate of drug-likeness (QED) is 0.910. The summed E-state index contributed by atoms with van der Waals surface area (Å²) in [5.41, 5.74) is 0.862. The molecule has 0 radical (unpaired) electrons. The summed E-state index contributed by atoms with van der Waals surface area (Å²) in [6.07, 6.45) is -0.413. The number of hydrogen-bond acceptors (Lipinski definition) is 4. The number of aromatic hydroxyl groups is 1. The van der Waals surface area contributed by atoms with Crippen LogP contribution >= 0.6 is 15.9 Å². The van der Waals surface area contributed by atoms with Crippen molar-refractivity contribution in [3.63, 3.8) is 0 Å². The third-order valence-electron chi connectivity index (χ3n) is 2.79. The van der Waals surface area contributed by atoms with Crippen molar-refractivity contribution in [3.05, 3.63) is 22.2 Å². The minimum absolute atomic E-state index is 0.0364. The molecule has 0 bridgehead atoms. The molecule has 2 rings (SSSR count). The highest BCUT2D eigenvalue weighted by atomic mass is 79.9. The Labute approximate surface area is 115 Å². The third kappa shape index (κ3) is 2.79. The molecule has 5 heteroatoms. The Bertz CT molecular complexity index is 435. The van der Waals surface area contributed by atoms with Crippen LogP contribution in [0.15, 0.2) is 16.6 Å². The summed E-state index contributed by atoms with van der Waals surface area (Å²) in [5, 5.41) is 9.75. The molecule has 0 aliphatic carbocycles. The summed E-state index contributed by atoms with van der Waals surface area (Å²) in [5.74, 6) is 0.480. The lowest BCUT2D eigenvalue weighted by atomic mass is 9.95. The first-order valence-corrected chi connectivity index (χ1v) is 6.52. The van der Waals surface area contributed by atoms with E-state index in [0.717, 1.165) is 5.56 Å². The van der Waals surface area contributed by atoms with Crippen molar-refractivity contribution in [3.8, 4) is 11.5 Å². The van der Waals surface area contributed by atoms with Crippen molar-refractivity contribution in [2.75, 3.05) is 20.3 Å². The van der Waals surface area contributed by atoms with Gasteiger partial charge in [-0.1, -0.05) is 13.8 Å². The van der Waals surface area contributed by atoms with Crippen LogP contribution < -0.4 is 4.74 Å². The van der Waals surface area contributed by atoms with Crippen molar-refractivity contribution < 1.29 is 19.3 Å². The van der Waals surface area contributed by atoms with E-state index in [4.69, 9.17) is 14.2 Å². The van der Waals surface area contributed by atoms with E-state index >= 15 is 0 Å². The lowest BCUT2D eigenvalue weighted by molar-refractivity contribution is -0.226. The van der Waals surface area contributed by atoms with E-state index < -0.39 is 6.29 Å². The van der Waals surface area contributed by atoms with Crippen LogP contribution in [-0.4, -0.2) is 25.4 Å². The van der Waals surface area contributed by atoms with Crippen molar-refractivity contribution in [1.29, 1.82) is 0 Å². The average molecular weight is 317 g/mol. The summed E-state index contributed by atoms with van der Waals surface area (Å²) in [6, 6.07) is 3.50. The molecular weight excluding hydrogens is 300 g/mol. The van der Waals surface area contributed by atoms with Crippen LogP contribution in [0.4, 0.5) is 0 Å². The summed E-state index contributed by atoms with van der Waals surface area (Å²) >= 11 is 3.29. The summed E-state index contributed by atoms with van der Waals surface area (Å²) in [7, 11) is 1.51. The summed E-state index contributed by atoms with van der Waals surface area (Å²) < 4.78 is 17.1. The Kier molecular flexibility index (Phi) is 3.84. The van der Waals surface area contributed by atoms with Crippen LogP contribution in [0.3, 0.4) is 0 Å². The largest absolute Gasteiger partial charge is 0.503 e. The van der Waals surface area contributed by atoms with E-state index in [2.05, 4.69) is 29.8 Å². The van der Waals surface area contributed by atoms with Gasteiger partial charge in [0, 0.05) is 11.0 Å². The molecule has 0 saturated carbocycles. The number of hydrogen-bond donors (Lipinski definition) is 1. The molecule has 1 aromatic carbocycles. The lowest BCUT2D eigenvalue weighted by Crippen LogP contribution is -2.33. The van der Waals surface area contributed by atoms with E-state index in [1.807, 2.05) is 0 Å². The molecule has 18 heavy (non-hydrogen) atoms. The SMILES string of the molecule is COc1cc(C2OCC(C)(C)CO2)cc(Br)c1O. The minimum atomic E-state index is -0.413. The fraction of sp³-hybridized carbons (Fsp3) is 0.538. The number of rotatable bonds is 2. The smallest absolute Gasteiger partial charge is 0.184 e. The van der Waals surface area contributed by atoms with Crippen molar-refractivity contribution in [1.82, 2.24) is 0 Å². The maximum Gasteiger partial charge on any atom is 0.184 e. The zero-order valence-electron chi connectivity index (χ0n) is 10.7. The Morgan fingerprint density at radius 1 is 1.33 bits per heavy atom. The van der Waals surface area contributed by atoms with E-state index in [9.17, 15) is 5.11 Å². The predicted molar refractivity (Wildman–Crippen MR) is 70.8 cm³/mol. The number of ether oxygens (including phenoxy) is 3. The minimum Gasteiger partial charge on any atom is -0.503 e. The molecule has 1 aromatic rings. The Morgan fingerprint density at radius 2 is 1.94 bits per heavy atom. The maximum atomic E-state index is 9.75. The fourth-order valence-corrected chi connectivity index (χ4v) is 2.23. The molecule has 0 amide bonds. The van der Waals surface area contributed by atoms with Gasteiger partial charge in [-0.25, -0.2) is 0 Å². The Morgan fingerprint density at radius 3 is 2.50 bits per heavy atom. The van der Waals surface area contributed by atoms with Gasteiger partial charge in [0.25, 0.3) is 0 Å². The van der Waals surface area contributed by atoms with E-state index in [-0.39, 0.29) is 11.2 Å². The third-order valence-corrected chi connectivity index (χ3v) is 3.40. The Balaban J connectivity index is 2.22. The molecular formula is C13H17BrO4. The number of benzene rings is 1. The van der Waals surface area contributed by atoms with Gasteiger partial charge in [-0.05, 0) is 28.1 Å². The number of phenolic OH excluding ortho intramolecular Hbond substituents is 1. The van der Waals surface area contributed by atoms with Crippen molar-refractivity contribution in [2.24, 2.45) is 5.41 Å². The van der Waals surface area contributed by atoms with Gasteiger partial charge in [-0.3, -0.25) is 0 Å². The molecule has 1 fully saturated rings. The second-order valence-corrected chi connectivity index (χ2v) is 6.03. The van der Waals surface area contributed by atoms with E-state index in [1.165, 1.54) is 7.11 Å². The van der Waals surface area contributed by atoms with Gasteiger partial charge in [0.05, 0.1) is 24.8 Å². The highest BCUT2D eigenvalue weighted by Gasteiger charge is 2.30. The molecule has 0 spiro atoms. The number of phenols is 1. The van der Waals surface area contributed by atoms with Crippen molar-refractivity contribution in [2.45, 2.75) is 20.1 Å². The monoisotopic (exact) mass is 316 g/mol. The highest BCUT2D eigenvalue weighted by molar-refractivity contribution is 9.10. The molecule has 0 atom stereocenters. The summed E-state index contributed by atoms with van der Waals surface area (Å²) in [6.45, 7) is 5.46. The summed E-state index contributed by atoms with van der Waals surface area (Å²) in [4.78, 5) is 0. The van der Waals surface area contributed by atoms with Crippen LogP contribution in [0.5, 0.6) is 11.5 Å². The number of methoxy groups -OCH3 is 1. The topological polar surface area (TPSA) is 47.9 Å². The van der Waals surface area contributed by atoms with Gasteiger partial charge in [0.15, 0.2) is 17.8 Å². The first-order valence-electron chi connectivity index (χ1n) is 5.72. The van der Waals surface area contributed by atoms with Crippen LogP contribution in [0.25, 0.3) is 0 Å². The standard InChI is InChI=1S/C13H17BrO4/c1-13(2)6-17-12(18-7-13)8-4-9(14)11(15)10(5-8)16-3/h4-5,12,15H,6-7H2,1-3H3. The second kappa shape index (κ2) is 5.07. The second-order valence-electron chi connectivity index (χ2n) is 5.17. The molecule has 1 N–H and O–H groups in total. The molecule has 1 aliphatic rings. The van der Waals surface area contributed by atoms with Crippen LogP contribution in [0.1, 0.15) is 25.7 Å². The molecule has 1 aliphatic heterocycles. The fourth-order valence-electron chi connectivity index (χ4n) is 1.77. The van der Waals surface area contributed by atoms with Crippen LogP contribution in [0, 0.1) is 5.41 Å². The zero-order valence-corrected chi connectivity index (χ0v) is 12.3. The van der Waals surface area contributed by atoms with Gasteiger partial charge < -0.3 is 19.3 Å². The first-order chi connectivity index (χ1) is 8.43. The maximum absolute atomic E-state index is 9.75. The van der Waals surface area contributed by atoms with Gasteiger partial charge in [0.1, 0.15) is 0 Å².